The molecule has 2 rings (SSSR count). The quantitative estimate of drug-likeness (QED) is 0.0512. The van der Waals surface area contributed by atoms with Gasteiger partial charge in [0, 0.05) is 0 Å². The third-order valence-electron chi connectivity index (χ3n) is 9.32. The molecule has 10 nitrogen and oxygen atoms in total. The SMILES string of the molecule is CCCCCCCc1ccc(O)c(C(=O)NNC(=O)C(CC)C(CCCCCC)C(=O)NNC(=O)c2cc(CCCCCCC)ccc2O)c1. The van der Waals surface area contributed by atoms with Gasteiger partial charge in [-0.3, -0.25) is 40.9 Å². The topological polar surface area (TPSA) is 157 Å². The number of benzene rings is 2. The van der Waals surface area contributed by atoms with Crippen molar-refractivity contribution in [2.75, 3.05) is 0 Å². The molecule has 0 heterocycles. The molecule has 2 aromatic carbocycles. The lowest BCUT2D eigenvalue weighted by atomic mass is 9.84. The van der Waals surface area contributed by atoms with E-state index in [4.69, 9.17) is 0 Å². The highest BCUT2D eigenvalue weighted by Gasteiger charge is 2.33. The Morgan fingerprint density at radius 1 is 0.520 bits per heavy atom. The summed E-state index contributed by atoms with van der Waals surface area (Å²) < 4.78 is 0. The van der Waals surface area contributed by atoms with Crippen molar-refractivity contribution < 1.29 is 29.4 Å². The lowest BCUT2D eigenvalue weighted by Gasteiger charge is -2.25. The molecular formula is C40H62N4O6. The van der Waals surface area contributed by atoms with Crippen molar-refractivity contribution in [3.05, 3.63) is 58.7 Å². The molecule has 0 radical (unpaired) electrons. The first kappa shape index (κ1) is 42.1. The second kappa shape index (κ2) is 24.1. The number of carbonyl (C=O) groups is 4. The van der Waals surface area contributed by atoms with E-state index >= 15 is 0 Å². The van der Waals surface area contributed by atoms with Crippen molar-refractivity contribution in [2.24, 2.45) is 11.8 Å². The maximum absolute atomic E-state index is 13.5. The monoisotopic (exact) mass is 694 g/mol. The van der Waals surface area contributed by atoms with Gasteiger partial charge in [-0.05, 0) is 73.9 Å². The van der Waals surface area contributed by atoms with Gasteiger partial charge in [0.15, 0.2) is 0 Å². The number of hydrogen-bond acceptors (Lipinski definition) is 6. The normalized spacial score (nSPS) is 12.2. The Morgan fingerprint density at radius 3 is 1.34 bits per heavy atom. The molecule has 0 spiro atoms. The molecule has 0 aliphatic carbocycles. The smallest absolute Gasteiger partial charge is 0.273 e. The van der Waals surface area contributed by atoms with Crippen molar-refractivity contribution in [1.29, 1.82) is 0 Å². The zero-order valence-corrected chi connectivity index (χ0v) is 30.9. The van der Waals surface area contributed by atoms with Gasteiger partial charge in [-0.15, -0.1) is 0 Å². The van der Waals surface area contributed by atoms with Crippen LogP contribution in [-0.2, 0) is 22.4 Å². The molecule has 2 unspecified atom stereocenters. The number of aryl methyl sites for hydroxylation is 2. The van der Waals surface area contributed by atoms with Crippen molar-refractivity contribution in [1.82, 2.24) is 21.7 Å². The molecule has 278 valence electrons. The Kier molecular flexibility index (Phi) is 20.3. The molecule has 50 heavy (non-hydrogen) atoms. The molecule has 2 aromatic rings. The second-order valence-electron chi connectivity index (χ2n) is 13.4. The number of hydrazine groups is 2. The minimum Gasteiger partial charge on any atom is -0.507 e. The van der Waals surface area contributed by atoms with E-state index in [1.807, 2.05) is 0 Å². The zero-order chi connectivity index (χ0) is 36.7. The van der Waals surface area contributed by atoms with Crippen molar-refractivity contribution in [3.63, 3.8) is 0 Å². The number of nitrogens with one attached hydrogen (secondary N) is 4. The van der Waals surface area contributed by atoms with Crippen molar-refractivity contribution >= 4 is 23.6 Å². The van der Waals surface area contributed by atoms with Crippen LogP contribution in [0, 0.1) is 11.8 Å². The van der Waals surface area contributed by atoms with Crippen LogP contribution in [0.15, 0.2) is 36.4 Å². The largest absolute Gasteiger partial charge is 0.507 e. The van der Waals surface area contributed by atoms with Crippen LogP contribution in [-0.4, -0.2) is 33.8 Å². The maximum atomic E-state index is 13.5. The fraction of sp³-hybridized carbons (Fsp3) is 0.600. The Hall–Kier alpha value is -4.08. The number of phenols is 2. The predicted octanol–water partition coefficient (Wildman–Crippen LogP) is 7.96. The maximum Gasteiger partial charge on any atom is 0.273 e. The molecule has 4 amide bonds. The van der Waals surface area contributed by atoms with E-state index < -0.39 is 35.5 Å². The lowest BCUT2D eigenvalue weighted by molar-refractivity contribution is -0.136. The van der Waals surface area contributed by atoms with Gasteiger partial charge in [0.2, 0.25) is 11.8 Å². The summed E-state index contributed by atoms with van der Waals surface area (Å²) in [4.78, 5) is 53.0. The molecule has 6 N–H and O–H groups in total. The Labute approximate surface area is 299 Å². The molecule has 0 saturated carbocycles. The van der Waals surface area contributed by atoms with Crippen LogP contribution < -0.4 is 21.7 Å². The number of rotatable bonds is 23. The third-order valence-corrected chi connectivity index (χ3v) is 9.32. The van der Waals surface area contributed by atoms with Crippen LogP contribution in [0.1, 0.15) is 162 Å². The highest BCUT2D eigenvalue weighted by Crippen LogP contribution is 2.25. The van der Waals surface area contributed by atoms with Gasteiger partial charge in [0.05, 0.1) is 23.0 Å². The van der Waals surface area contributed by atoms with E-state index in [1.165, 1.54) is 25.0 Å². The molecule has 0 fully saturated rings. The van der Waals surface area contributed by atoms with Crippen LogP contribution in [0.25, 0.3) is 0 Å². The standard InChI is InChI=1S/C40H62N4O6/c1-5-9-12-15-17-20-29-23-25-35(45)33(27-29)39(49)43-41-37(47)31(8-4)32(22-19-14-11-7-3)38(48)42-44-40(50)34-28-30(24-26-36(34)46)21-18-16-13-10-6-2/h23-28,31-32,45-46H,5-22H2,1-4H3,(H,41,47)(H,42,48)(H,43,49)(H,44,50). The number of hydrogen-bond donors (Lipinski definition) is 6. The van der Waals surface area contributed by atoms with Gasteiger partial charge in [0.25, 0.3) is 11.8 Å². The molecule has 0 bridgehead atoms. The van der Waals surface area contributed by atoms with Gasteiger partial charge in [-0.25, -0.2) is 0 Å². The average Bonchev–Trinajstić information content (AvgIpc) is 3.11. The summed E-state index contributed by atoms with van der Waals surface area (Å²) in [6.45, 7) is 8.21. The molecule has 10 heteroatoms. The van der Waals surface area contributed by atoms with Crippen LogP contribution >= 0.6 is 0 Å². The predicted molar refractivity (Wildman–Crippen MR) is 198 cm³/mol. The number of unbranched alkanes of at least 4 members (excludes halogenated alkanes) is 11. The first-order valence-electron chi connectivity index (χ1n) is 19.0. The number of aromatic hydroxyl groups is 2. The fourth-order valence-electron chi connectivity index (χ4n) is 6.22. The highest BCUT2D eigenvalue weighted by molar-refractivity contribution is 5.99. The molecule has 0 aromatic heterocycles. The molecular weight excluding hydrogens is 632 g/mol. The van der Waals surface area contributed by atoms with Crippen LogP contribution in [0.3, 0.4) is 0 Å². The Bertz CT molecular complexity index is 1350. The zero-order valence-electron chi connectivity index (χ0n) is 30.9. The van der Waals surface area contributed by atoms with E-state index in [1.54, 1.807) is 31.2 Å². The van der Waals surface area contributed by atoms with E-state index in [0.29, 0.717) is 19.3 Å². The lowest BCUT2D eigenvalue weighted by Crippen LogP contribution is -2.51. The van der Waals surface area contributed by atoms with Gasteiger partial charge in [0.1, 0.15) is 11.5 Å². The molecule has 0 saturated heterocycles. The summed E-state index contributed by atoms with van der Waals surface area (Å²) >= 11 is 0. The van der Waals surface area contributed by atoms with Crippen LogP contribution in [0.2, 0.25) is 0 Å². The molecule has 0 aliphatic rings. The van der Waals surface area contributed by atoms with Crippen LogP contribution in [0.5, 0.6) is 11.5 Å². The Morgan fingerprint density at radius 2 is 0.920 bits per heavy atom. The number of carbonyl (C=O) groups excluding carboxylic acids is 4. The minimum atomic E-state index is -0.804. The molecule has 2 atom stereocenters. The van der Waals surface area contributed by atoms with E-state index in [2.05, 4.69) is 42.5 Å². The number of amides is 4. The average molecular weight is 695 g/mol. The van der Waals surface area contributed by atoms with E-state index in [0.717, 1.165) is 94.6 Å². The second-order valence-corrected chi connectivity index (χ2v) is 13.4. The number of phenolic OH excluding ortho intramolecular Hbond substituents is 2. The molecule has 0 aliphatic heterocycles. The fourth-order valence-corrected chi connectivity index (χ4v) is 6.22. The summed E-state index contributed by atoms with van der Waals surface area (Å²) in [6, 6.07) is 9.86. The van der Waals surface area contributed by atoms with Gasteiger partial charge >= 0.3 is 0 Å². The summed E-state index contributed by atoms with van der Waals surface area (Å²) in [5.74, 6) is -4.35. The minimum absolute atomic E-state index is 0.0600. The first-order chi connectivity index (χ1) is 24.2. The van der Waals surface area contributed by atoms with Gasteiger partial charge in [-0.1, -0.05) is 117 Å². The summed E-state index contributed by atoms with van der Waals surface area (Å²) in [5, 5.41) is 20.8. The Balaban J connectivity index is 2.06. The van der Waals surface area contributed by atoms with E-state index in [9.17, 15) is 29.4 Å². The van der Waals surface area contributed by atoms with Gasteiger partial charge < -0.3 is 10.2 Å². The van der Waals surface area contributed by atoms with E-state index in [-0.39, 0.29) is 22.6 Å². The summed E-state index contributed by atoms with van der Waals surface area (Å²) in [6.07, 6.45) is 17.0. The summed E-state index contributed by atoms with van der Waals surface area (Å²) in [7, 11) is 0. The third kappa shape index (κ3) is 14.8. The first-order valence-corrected chi connectivity index (χ1v) is 19.0. The van der Waals surface area contributed by atoms with Crippen LogP contribution in [0.4, 0.5) is 0 Å². The van der Waals surface area contributed by atoms with Gasteiger partial charge in [-0.2, -0.15) is 0 Å². The van der Waals surface area contributed by atoms with Crippen molar-refractivity contribution in [3.8, 4) is 11.5 Å². The summed E-state index contributed by atoms with van der Waals surface area (Å²) in [5.41, 5.74) is 11.8. The highest BCUT2D eigenvalue weighted by atomic mass is 16.3. The van der Waals surface area contributed by atoms with Crippen molar-refractivity contribution in [2.45, 2.75) is 143 Å².